The van der Waals surface area contributed by atoms with E-state index < -0.39 is 10.0 Å². The highest BCUT2D eigenvalue weighted by Crippen LogP contribution is 2.32. The van der Waals surface area contributed by atoms with Crippen LogP contribution in [-0.4, -0.2) is 37.5 Å². The fraction of sp³-hybridized carbons (Fsp3) is 0.167. The minimum Gasteiger partial charge on any atom is -0.486 e. The molecular weight excluding hydrogens is 456 g/mol. The predicted molar refractivity (Wildman–Crippen MR) is 127 cm³/mol. The molecule has 34 heavy (non-hydrogen) atoms. The number of nitrogens with one attached hydrogen (secondary N) is 3. The van der Waals surface area contributed by atoms with Gasteiger partial charge < -0.3 is 19.8 Å². The molecule has 174 valence electrons. The molecule has 9 nitrogen and oxygen atoms in total. The number of aromatic nitrogens is 2. The molecule has 2 heterocycles. The van der Waals surface area contributed by atoms with Gasteiger partial charge in [0.1, 0.15) is 19.0 Å². The van der Waals surface area contributed by atoms with Crippen LogP contribution in [0, 0.1) is 0 Å². The van der Waals surface area contributed by atoms with Crippen LogP contribution in [0.25, 0.3) is 11.0 Å². The molecule has 1 atom stereocenters. The van der Waals surface area contributed by atoms with Crippen molar-refractivity contribution in [2.75, 3.05) is 17.9 Å². The normalized spacial score (nSPS) is 13.9. The molecule has 0 fully saturated rings. The number of carbonyl (C=O) groups is 1. The monoisotopic (exact) mass is 478 g/mol. The number of aromatic amines is 1. The molecule has 10 heteroatoms. The molecule has 5 rings (SSSR count). The third-order valence-electron chi connectivity index (χ3n) is 5.37. The van der Waals surface area contributed by atoms with E-state index in [1.807, 2.05) is 31.2 Å². The number of rotatable bonds is 6. The maximum atomic E-state index is 12.9. The first-order chi connectivity index (χ1) is 16.4. The molecule has 0 radical (unpaired) electrons. The highest BCUT2D eigenvalue weighted by Gasteiger charge is 2.20. The van der Waals surface area contributed by atoms with Gasteiger partial charge in [-0.2, -0.15) is 0 Å². The van der Waals surface area contributed by atoms with E-state index in [9.17, 15) is 13.2 Å². The third kappa shape index (κ3) is 4.40. The van der Waals surface area contributed by atoms with Gasteiger partial charge in [0, 0.05) is 17.3 Å². The summed E-state index contributed by atoms with van der Waals surface area (Å²) < 4.78 is 39.2. The van der Waals surface area contributed by atoms with Crippen LogP contribution in [0.15, 0.2) is 71.6 Å². The van der Waals surface area contributed by atoms with Gasteiger partial charge in [-0.3, -0.25) is 9.52 Å². The molecule has 0 bridgehead atoms. The summed E-state index contributed by atoms with van der Waals surface area (Å²) in [5, 5.41) is 2.89. The number of carbonyl (C=O) groups excluding carboxylic acids is 1. The second kappa shape index (κ2) is 8.71. The number of amides is 1. The molecule has 1 amide bonds. The lowest BCUT2D eigenvalue weighted by Crippen LogP contribution is -2.27. The van der Waals surface area contributed by atoms with Crippen molar-refractivity contribution in [3.8, 4) is 11.5 Å². The summed E-state index contributed by atoms with van der Waals surface area (Å²) in [5.41, 5.74) is 2.27. The lowest BCUT2D eigenvalue weighted by Gasteiger charge is -2.19. The van der Waals surface area contributed by atoms with E-state index >= 15 is 0 Å². The van der Waals surface area contributed by atoms with E-state index in [0.717, 1.165) is 11.0 Å². The van der Waals surface area contributed by atoms with Gasteiger partial charge in [-0.05, 0) is 49.4 Å². The van der Waals surface area contributed by atoms with E-state index in [1.165, 1.54) is 18.2 Å². The van der Waals surface area contributed by atoms with Crippen molar-refractivity contribution in [1.82, 2.24) is 15.3 Å². The Morgan fingerprint density at radius 1 is 1.00 bits per heavy atom. The van der Waals surface area contributed by atoms with Gasteiger partial charge in [0.15, 0.2) is 11.5 Å². The van der Waals surface area contributed by atoms with Crippen LogP contribution in [0.5, 0.6) is 11.5 Å². The van der Waals surface area contributed by atoms with Crippen molar-refractivity contribution in [3.05, 3.63) is 78.1 Å². The Bertz CT molecular complexity index is 1450. The summed E-state index contributed by atoms with van der Waals surface area (Å²) in [4.78, 5) is 20.6. The summed E-state index contributed by atoms with van der Waals surface area (Å²) in [6.07, 6.45) is 0. The Morgan fingerprint density at radius 3 is 2.62 bits per heavy atom. The topological polar surface area (TPSA) is 122 Å². The molecule has 4 aromatic rings. The van der Waals surface area contributed by atoms with E-state index in [-0.39, 0.29) is 22.5 Å². The Balaban J connectivity index is 1.31. The van der Waals surface area contributed by atoms with Crippen LogP contribution in [0.1, 0.15) is 29.1 Å². The van der Waals surface area contributed by atoms with E-state index in [4.69, 9.17) is 9.47 Å². The summed E-state index contributed by atoms with van der Waals surface area (Å²) in [5.74, 6) is 1.16. The quantitative estimate of drug-likeness (QED) is 0.389. The Labute approximate surface area is 196 Å². The zero-order valence-electron chi connectivity index (χ0n) is 18.2. The van der Waals surface area contributed by atoms with Crippen LogP contribution < -0.4 is 19.5 Å². The van der Waals surface area contributed by atoms with Gasteiger partial charge >= 0.3 is 0 Å². The van der Waals surface area contributed by atoms with E-state index in [2.05, 4.69) is 20.0 Å². The standard InChI is InChI=1S/C24H22N4O5S/c1-15(23-26-19-7-2-3-8-20(19)27-23)25-24(29)16-5-4-6-17(13-16)28-34(30,31)18-9-10-21-22(14-18)33-12-11-32-21/h2-10,13-15,28H,11-12H2,1H3,(H,25,29)(H,26,27). The molecule has 0 saturated carbocycles. The first-order valence-electron chi connectivity index (χ1n) is 10.7. The molecule has 0 saturated heterocycles. The largest absolute Gasteiger partial charge is 0.486 e. The van der Waals surface area contributed by atoms with Crippen molar-refractivity contribution in [3.63, 3.8) is 0 Å². The van der Waals surface area contributed by atoms with Crippen molar-refractivity contribution >= 4 is 32.7 Å². The smallest absolute Gasteiger partial charge is 0.262 e. The first kappa shape index (κ1) is 21.8. The molecule has 0 spiro atoms. The molecule has 1 aliphatic rings. The number of anilines is 1. The summed E-state index contributed by atoms with van der Waals surface area (Å²) in [6, 6.07) is 17.9. The van der Waals surface area contributed by atoms with Gasteiger partial charge in [-0.1, -0.05) is 18.2 Å². The number of hydrogen-bond acceptors (Lipinski definition) is 6. The van der Waals surface area contributed by atoms with Gasteiger partial charge in [-0.15, -0.1) is 0 Å². The number of nitrogens with zero attached hydrogens (tertiary/aromatic N) is 1. The number of hydrogen-bond donors (Lipinski definition) is 3. The lowest BCUT2D eigenvalue weighted by atomic mass is 10.2. The SMILES string of the molecule is CC(NC(=O)c1cccc(NS(=O)(=O)c2ccc3c(c2)OCCO3)c1)c1nc2ccccc2[nH]1. The molecule has 1 aliphatic heterocycles. The zero-order valence-corrected chi connectivity index (χ0v) is 19.1. The minimum absolute atomic E-state index is 0.0325. The van der Waals surface area contributed by atoms with Crippen LogP contribution in [0.3, 0.4) is 0 Å². The maximum absolute atomic E-state index is 12.9. The Kier molecular flexibility index (Phi) is 5.58. The van der Waals surface area contributed by atoms with Crippen LogP contribution in [-0.2, 0) is 10.0 Å². The minimum atomic E-state index is -3.90. The van der Waals surface area contributed by atoms with Gasteiger partial charge in [-0.25, -0.2) is 13.4 Å². The number of imidazole rings is 1. The fourth-order valence-electron chi connectivity index (χ4n) is 3.65. The molecule has 0 aliphatic carbocycles. The summed E-state index contributed by atoms with van der Waals surface area (Å²) >= 11 is 0. The van der Waals surface area contributed by atoms with Crippen molar-refractivity contribution in [2.45, 2.75) is 17.9 Å². The van der Waals surface area contributed by atoms with Crippen LogP contribution in [0.4, 0.5) is 5.69 Å². The van der Waals surface area contributed by atoms with E-state index in [0.29, 0.717) is 36.1 Å². The predicted octanol–water partition coefficient (Wildman–Crippen LogP) is 3.63. The number of H-pyrrole nitrogens is 1. The number of sulfonamides is 1. The van der Waals surface area contributed by atoms with Crippen LogP contribution >= 0.6 is 0 Å². The Hall–Kier alpha value is -4.05. The highest BCUT2D eigenvalue weighted by molar-refractivity contribution is 7.92. The average Bonchev–Trinajstić information content (AvgIpc) is 3.28. The number of benzene rings is 3. The summed E-state index contributed by atoms with van der Waals surface area (Å²) in [7, 11) is -3.90. The van der Waals surface area contributed by atoms with Gasteiger partial charge in [0.05, 0.1) is 22.0 Å². The van der Waals surface area contributed by atoms with Gasteiger partial charge in [0.25, 0.3) is 15.9 Å². The number of fused-ring (bicyclic) bond motifs is 2. The first-order valence-corrected chi connectivity index (χ1v) is 12.2. The number of ether oxygens (including phenoxy) is 2. The van der Waals surface area contributed by atoms with E-state index in [1.54, 1.807) is 24.3 Å². The second-order valence-electron chi connectivity index (χ2n) is 7.83. The average molecular weight is 479 g/mol. The molecule has 3 aromatic carbocycles. The van der Waals surface area contributed by atoms with Crippen molar-refractivity contribution in [1.29, 1.82) is 0 Å². The van der Waals surface area contributed by atoms with Gasteiger partial charge in [0.2, 0.25) is 0 Å². The Morgan fingerprint density at radius 2 is 1.79 bits per heavy atom. The molecular formula is C24H22N4O5S. The molecule has 1 aromatic heterocycles. The fourth-order valence-corrected chi connectivity index (χ4v) is 4.72. The lowest BCUT2D eigenvalue weighted by molar-refractivity contribution is 0.0938. The van der Waals surface area contributed by atoms with Crippen molar-refractivity contribution < 1.29 is 22.7 Å². The van der Waals surface area contributed by atoms with Crippen LogP contribution in [0.2, 0.25) is 0 Å². The second-order valence-corrected chi connectivity index (χ2v) is 9.51. The van der Waals surface area contributed by atoms with Crippen molar-refractivity contribution in [2.24, 2.45) is 0 Å². The molecule has 1 unspecified atom stereocenters. The number of para-hydroxylation sites is 2. The highest BCUT2D eigenvalue weighted by atomic mass is 32.2. The third-order valence-corrected chi connectivity index (χ3v) is 6.75. The maximum Gasteiger partial charge on any atom is 0.262 e. The zero-order chi connectivity index (χ0) is 23.7. The summed E-state index contributed by atoms with van der Waals surface area (Å²) in [6.45, 7) is 2.60. The molecule has 3 N–H and O–H groups in total.